The molecule has 0 spiro atoms. The molecule has 1 aromatic rings. The zero-order valence-electron chi connectivity index (χ0n) is 17.5. The monoisotopic (exact) mass is 393 g/mol. The number of hydrogen-bond acceptors (Lipinski definition) is 4. The molecule has 1 atom stereocenters. The lowest BCUT2D eigenvalue weighted by Crippen LogP contribution is -2.54. The number of ether oxygens (including phenoxy) is 2. The van der Waals surface area contributed by atoms with Gasteiger partial charge in [-0.25, -0.2) is 9.59 Å². The molecule has 28 heavy (non-hydrogen) atoms. The third kappa shape index (κ3) is 8.19. The van der Waals surface area contributed by atoms with Gasteiger partial charge in [0.2, 0.25) is 0 Å². The maximum Gasteiger partial charge on any atom is 0.405 e. The van der Waals surface area contributed by atoms with Crippen molar-refractivity contribution >= 4 is 12.1 Å². The number of unbranched alkanes of at least 4 members (excludes halogenated alkanes) is 4. The van der Waals surface area contributed by atoms with Gasteiger partial charge in [-0.2, -0.15) is 0 Å². The summed E-state index contributed by atoms with van der Waals surface area (Å²) in [5.41, 5.74) is -0.209. The molecule has 2 N–H and O–H groups in total. The topological polar surface area (TPSA) is 84.9 Å². The first-order valence-corrected chi connectivity index (χ1v) is 10.4. The van der Waals surface area contributed by atoms with Gasteiger partial charge >= 0.3 is 12.1 Å². The van der Waals surface area contributed by atoms with Crippen LogP contribution >= 0.6 is 0 Å². The maximum atomic E-state index is 12.4. The van der Waals surface area contributed by atoms with E-state index < -0.39 is 17.6 Å². The minimum absolute atomic E-state index is 0.215. The molecule has 158 valence electrons. The maximum absolute atomic E-state index is 12.4. The smallest absolute Gasteiger partial charge is 0.405 e. The Bertz CT molecular complexity index is 587. The van der Waals surface area contributed by atoms with E-state index in [-0.39, 0.29) is 6.61 Å². The molecule has 0 bridgehead atoms. The number of aryl methyl sites for hydroxylation is 1. The first-order chi connectivity index (χ1) is 13.5. The van der Waals surface area contributed by atoms with Crippen molar-refractivity contribution in [2.75, 3.05) is 13.2 Å². The molecule has 0 radical (unpaired) electrons. The summed E-state index contributed by atoms with van der Waals surface area (Å²) in [7, 11) is 0. The second-order valence-electron chi connectivity index (χ2n) is 6.99. The van der Waals surface area contributed by atoms with Crippen LogP contribution in [0.4, 0.5) is 4.79 Å². The van der Waals surface area contributed by atoms with E-state index in [0.29, 0.717) is 25.9 Å². The Morgan fingerprint density at radius 3 is 2.29 bits per heavy atom. The number of hydrogen-bond donors (Lipinski definition) is 2. The lowest BCUT2D eigenvalue weighted by Gasteiger charge is -2.30. The van der Waals surface area contributed by atoms with Gasteiger partial charge in [-0.15, -0.1) is 0 Å². The van der Waals surface area contributed by atoms with Crippen molar-refractivity contribution in [3.05, 3.63) is 29.8 Å². The Morgan fingerprint density at radius 2 is 1.71 bits per heavy atom. The van der Waals surface area contributed by atoms with Crippen molar-refractivity contribution in [1.29, 1.82) is 0 Å². The molecule has 0 aliphatic rings. The molecule has 1 amide bonds. The third-order valence-electron chi connectivity index (χ3n) is 4.90. The second-order valence-corrected chi connectivity index (χ2v) is 6.99. The van der Waals surface area contributed by atoms with Crippen molar-refractivity contribution in [3.63, 3.8) is 0 Å². The van der Waals surface area contributed by atoms with Crippen LogP contribution in [0.15, 0.2) is 24.3 Å². The highest BCUT2D eigenvalue weighted by Gasteiger charge is 2.39. The molecule has 1 rings (SSSR count). The Balaban J connectivity index is 2.58. The molecular weight excluding hydrogens is 358 g/mol. The number of rotatable bonds is 14. The molecular formula is C22H35NO5. The fourth-order valence-corrected chi connectivity index (χ4v) is 3.10. The largest absolute Gasteiger partial charge is 0.494 e. The molecule has 0 saturated heterocycles. The van der Waals surface area contributed by atoms with Crippen LogP contribution in [0.5, 0.6) is 5.75 Å². The number of carboxylic acid groups (broad SMARTS) is 1. The van der Waals surface area contributed by atoms with Crippen LogP contribution in [-0.4, -0.2) is 35.9 Å². The number of amides is 1. The van der Waals surface area contributed by atoms with Crippen LogP contribution in [-0.2, 0) is 16.0 Å². The van der Waals surface area contributed by atoms with E-state index in [1.54, 1.807) is 13.8 Å². The SMILES string of the molecule is CCCCCCCOc1ccc(CCC(CC)(NC(=O)O)C(=O)OCC)cc1. The van der Waals surface area contributed by atoms with Crippen molar-refractivity contribution in [3.8, 4) is 5.75 Å². The second kappa shape index (κ2) is 13.0. The highest BCUT2D eigenvalue weighted by molar-refractivity contribution is 5.85. The molecule has 6 nitrogen and oxygen atoms in total. The summed E-state index contributed by atoms with van der Waals surface area (Å²) in [4.78, 5) is 23.5. The van der Waals surface area contributed by atoms with E-state index in [2.05, 4.69) is 12.2 Å². The van der Waals surface area contributed by atoms with Crippen molar-refractivity contribution in [2.45, 2.75) is 77.7 Å². The van der Waals surface area contributed by atoms with Gasteiger partial charge in [-0.1, -0.05) is 51.7 Å². The molecule has 0 fully saturated rings. The van der Waals surface area contributed by atoms with Crippen LogP contribution < -0.4 is 10.1 Å². The summed E-state index contributed by atoms with van der Waals surface area (Å²) in [5, 5.41) is 11.5. The van der Waals surface area contributed by atoms with Gasteiger partial charge in [-0.3, -0.25) is 0 Å². The summed E-state index contributed by atoms with van der Waals surface area (Å²) >= 11 is 0. The van der Waals surface area contributed by atoms with Crippen molar-refractivity contribution < 1.29 is 24.2 Å². The molecule has 1 aromatic carbocycles. The Kier molecular flexibility index (Phi) is 11.1. The van der Waals surface area contributed by atoms with Gasteiger partial charge in [0.15, 0.2) is 0 Å². The lowest BCUT2D eigenvalue weighted by atomic mass is 9.88. The van der Waals surface area contributed by atoms with Gasteiger partial charge in [0.25, 0.3) is 0 Å². The molecule has 0 heterocycles. The van der Waals surface area contributed by atoms with Crippen molar-refractivity contribution in [1.82, 2.24) is 5.32 Å². The van der Waals surface area contributed by atoms with Crippen LogP contribution in [0, 0.1) is 0 Å². The summed E-state index contributed by atoms with van der Waals surface area (Å²) < 4.78 is 10.9. The summed E-state index contributed by atoms with van der Waals surface area (Å²) in [5.74, 6) is 0.304. The van der Waals surface area contributed by atoms with Crippen molar-refractivity contribution in [2.24, 2.45) is 0 Å². The number of carbonyl (C=O) groups is 2. The minimum Gasteiger partial charge on any atom is -0.494 e. The third-order valence-corrected chi connectivity index (χ3v) is 4.90. The van der Waals surface area contributed by atoms with E-state index in [1.165, 1.54) is 25.7 Å². The van der Waals surface area contributed by atoms with Crippen LogP contribution in [0.1, 0.15) is 71.3 Å². The Hall–Kier alpha value is -2.24. The average Bonchev–Trinajstić information content (AvgIpc) is 2.68. The Labute approximate surface area is 168 Å². The van der Waals surface area contributed by atoms with Gasteiger partial charge in [-0.05, 0) is 50.3 Å². The van der Waals surface area contributed by atoms with E-state index >= 15 is 0 Å². The summed E-state index contributed by atoms with van der Waals surface area (Å²) in [6, 6.07) is 7.76. The lowest BCUT2D eigenvalue weighted by molar-refractivity contribution is -0.151. The number of esters is 1. The predicted octanol–water partition coefficient (Wildman–Crippen LogP) is 4.95. The minimum atomic E-state index is -1.23. The first kappa shape index (κ1) is 23.8. The fraction of sp³-hybridized carbons (Fsp3) is 0.636. The predicted molar refractivity (Wildman–Crippen MR) is 110 cm³/mol. The molecule has 0 aliphatic heterocycles. The van der Waals surface area contributed by atoms with Gasteiger partial charge < -0.3 is 19.9 Å². The molecule has 0 aromatic heterocycles. The van der Waals surface area contributed by atoms with Crippen LogP contribution in [0.2, 0.25) is 0 Å². The molecule has 1 unspecified atom stereocenters. The molecule has 6 heteroatoms. The zero-order chi connectivity index (χ0) is 20.8. The molecule has 0 saturated carbocycles. The first-order valence-electron chi connectivity index (χ1n) is 10.4. The quantitative estimate of drug-likeness (QED) is 0.345. The average molecular weight is 394 g/mol. The standard InChI is InChI=1S/C22H35NO5/c1-4-7-8-9-10-17-28-19-13-11-18(12-14-19)15-16-22(5-2,23-21(25)26)20(24)27-6-3/h11-14,23H,4-10,15-17H2,1-3H3,(H,25,26). The van der Waals surface area contributed by atoms with Crippen LogP contribution in [0.25, 0.3) is 0 Å². The highest BCUT2D eigenvalue weighted by atomic mass is 16.5. The summed E-state index contributed by atoms with van der Waals surface area (Å²) in [6.45, 7) is 6.62. The normalized spacial score (nSPS) is 12.8. The van der Waals surface area contributed by atoms with E-state index in [4.69, 9.17) is 14.6 Å². The van der Waals surface area contributed by atoms with E-state index in [9.17, 15) is 9.59 Å². The number of benzene rings is 1. The summed E-state index contributed by atoms with van der Waals surface area (Å²) in [6.07, 6.45) is 6.02. The van der Waals surface area contributed by atoms with Gasteiger partial charge in [0, 0.05) is 0 Å². The van der Waals surface area contributed by atoms with E-state index in [1.807, 2.05) is 24.3 Å². The molecule has 0 aliphatic carbocycles. The van der Waals surface area contributed by atoms with E-state index in [0.717, 1.165) is 17.7 Å². The van der Waals surface area contributed by atoms with Crippen LogP contribution in [0.3, 0.4) is 0 Å². The number of nitrogens with one attached hydrogen (secondary N) is 1. The zero-order valence-corrected chi connectivity index (χ0v) is 17.5. The highest BCUT2D eigenvalue weighted by Crippen LogP contribution is 2.22. The van der Waals surface area contributed by atoms with Gasteiger partial charge in [0.1, 0.15) is 11.3 Å². The van der Waals surface area contributed by atoms with Gasteiger partial charge in [0.05, 0.1) is 13.2 Å². The number of carbonyl (C=O) groups excluding carboxylic acids is 1. The fourth-order valence-electron chi connectivity index (χ4n) is 3.10. The Morgan fingerprint density at radius 1 is 1.04 bits per heavy atom.